The monoisotopic (exact) mass is 223 g/mol. The molecule has 16 heavy (non-hydrogen) atoms. The Morgan fingerprint density at radius 2 is 2.19 bits per heavy atom. The molecule has 1 atom stereocenters. The normalized spacial score (nSPS) is 12.1. The topological polar surface area (TPSA) is 58.6 Å². The molecule has 0 aromatic heterocycles. The largest absolute Gasteiger partial charge is 0.496 e. The Labute approximate surface area is 95.2 Å². The Bertz CT molecular complexity index is 352. The van der Waals surface area contributed by atoms with Crippen LogP contribution in [-0.4, -0.2) is 24.7 Å². The van der Waals surface area contributed by atoms with E-state index in [2.05, 4.69) is 5.32 Å². The van der Waals surface area contributed by atoms with E-state index in [1.54, 1.807) is 7.11 Å². The van der Waals surface area contributed by atoms with Crippen LogP contribution in [0.25, 0.3) is 0 Å². The van der Waals surface area contributed by atoms with Crippen molar-refractivity contribution in [2.75, 3.05) is 13.7 Å². The molecule has 0 aliphatic rings. The summed E-state index contributed by atoms with van der Waals surface area (Å²) in [6.45, 7) is 2.44. The molecule has 0 aliphatic heterocycles. The fraction of sp³-hybridized carbons (Fsp3) is 0.417. The zero-order valence-electron chi connectivity index (χ0n) is 9.56. The molecule has 4 nitrogen and oxygen atoms in total. The molecule has 2 N–H and O–H groups in total. The molecule has 0 heterocycles. The second-order valence-electron chi connectivity index (χ2n) is 3.56. The van der Waals surface area contributed by atoms with E-state index in [-0.39, 0.29) is 12.5 Å². The average Bonchev–Trinajstić information content (AvgIpc) is 2.28. The molecule has 0 radical (unpaired) electrons. The molecular weight excluding hydrogens is 206 g/mol. The summed E-state index contributed by atoms with van der Waals surface area (Å²) < 4.78 is 5.24. The Kier molecular flexibility index (Phi) is 4.79. The Balaban J connectivity index is 2.58. The molecule has 1 aromatic rings. The maximum absolute atomic E-state index is 10.4. The minimum atomic E-state index is -0.792. The number of rotatable bonds is 6. The van der Waals surface area contributed by atoms with Crippen molar-refractivity contribution >= 4 is 5.97 Å². The highest BCUT2D eigenvalue weighted by Crippen LogP contribution is 2.23. The van der Waals surface area contributed by atoms with Crippen LogP contribution >= 0.6 is 0 Å². The Morgan fingerprint density at radius 1 is 1.50 bits per heavy atom. The van der Waals surface area contributed by atoms with Crippen LogP contribution in [0.1, 0.15) is 24.9 Å². The van der Waals surface area contributed by atoms with E-state index in [0.29, 0.717) is 6.54 Å². The van der Waals surface area contributed by atoms with Crippen LogP contribution in [0.15, 0.2) is 24.3 Å². The average molecular weight is 223 g/mol. The van der Waals surface area contributed by atoms with Crippen molar-refractivity contribution in [3.63, 3.8) is 0 Å². The van der Waals surface area contributed by atoms with Gasteiger partial charge in [-0.05, 0) is 13.0 Å². The van der Waals surface area contributed by atoms with Crippen molar-refractivity contribution in [2.24, 2.45) is 0 Å². The number of benzene rings is 1. The van der Waals surface area contributed by atoms with Crippen molar-refractivity contribution in [2.45, 2.75) is 19.4 Å². The SMILES string of the molecule is COc1ccccc1[C@@H](C)NCCC(=O)O. The van der Waals surface area contributed by atoms with E-state index in [1.807, 2.05) is 31.2 Å². The van der Waals surface area contributed by atoms with Crippen LogP contribution in [-0.2, 0) is 4.79 Å². The van der Waals surface area contributed by atoms with Crippen molar-refractivity contribution in [1.29, 1.82) is 0 Å². The predicted molar refractivity (Wildman–Crippen MR) is 61.7 cm³/mol. The smallest absolute Gasteiger partial charge is 0.304 e. The van der Waals surface area contributed by atoms with Gasteiger partial charge in [0.15, 0.2) is 0 Å². The number of nitrogens with one attached hydrogen (secondary N) is 1. The zero-order valence-corrected chi connectivity index (χ0v) is 9.56. The molecule has 0 fully saturated rings. The first-order chi connectivity index (χ1) is 7.65. The van der Waals surface area contributed by atoms with Crippen molar-refractivity contribution in [3.05, 3.63) is 29.8 Å². The van der Waals surface area contributed by atoms with Gasteiger partial charge in [-0.15, -0.1) is 0 Å². The van der Waals surface area contributed by atoms with Gasteiger partial charge < -0.3 is 15.2 Å². The molecule has 0 saturated carbocycles. The van der Waals surface area contributed by atoms with Crippen LogP contribution in [0.2, 0.25) is 0 Å². The summed E-state index contributed by atoms with van der Waals surface area (Å²) in [5, 5.41) is 11.7. The number of ether oxygens (including phenoxy) is 1. The molecule has 4 heteroatoms. The highest BCUT2D eigenvalue weighted by molar-refractivity contribution is 5.66. The van der Waals surface area contributed by atoms with Crippen LogP contribution in [0.3, 0.4) is 0 Å². The van der Waals surface area contributed by atoms with Gasteiger partial charge in [0.1, 0.15) is 5.75 Å². The predicted octanol–water partition coefficient (Wildman–Crippen LogP) is 1.82. The number of carbonyl (C=O) groups is 1. The van der Waals surface area contributed by atoms with E-state index in [9.17, 15) is 4.79 Å². The first-order valence-corrected chi connectivity index (χ1v) is 5.23. The van der Waals surface area contributed by atoms with Crippen molar-refractivity contribution in [3.8, 4) is 5.75 Å². The summed E-state index contributed by atoms with van der Waals surface area (Å²) in [5.41, 5.74) is 1.04. The second kappa shape index (κ2) is 6.12. The first-order valence-electron chi connectivity index (χ1n) is 5.23. The van der Waals surface area contributed by atoms with Gasteiger partial charge in [0.2, 0.25) is 0 Å². The summed E-state index contributed by atoms with van der Waals surface area (Å²) >= 11 is 0. The molecule has 0 amide bonds. The Hall–Kier alpha value is -1.55. The number of methoxy groups -OCH3 is 1. The molecule has 1 aromatic carbocycles. The lowest BCUT2D eigenvalue weighted by molar-refractivity contribution is -0.136. The minimum absolute atomic E-state index is 0.0792. The van der Waals surface area contributed by atoms with Gasteiger partial charge in [0.25, 0.3) is 0 Å². The lowest BCUT2D eigenvalue weighted by Crippen LogP contribution is -2.22. The molecule has 1 rings (SSSR count). The minimum Gasteiger partial charge on any atom is -0.496 e. The Morgan fingerprint density at radius 3 is 2.81 bits per heavy atom. The highest BCUT2D eigenvalue weighted by atomic mass is 16.5. The van der Waals surface area contributed by atoms with Crippen LogP contribution in [0.5, 0.6) is 5.75 Å². The summed E-state index contributed by atoms with van der Waals surface area (Å²) in [5.74, 6) is 0.0255. The number of para-hydroxylation sites is 1. The number of carboxylic acids is 1. The standard InChI is InChI=1S/C12H17NO3/c1-9(13-8-7-12(14)15)10-5-3-4-6-11(10)16-2/h3-6,9,13H,7-8H2,1-2H3,(H,14,15)/t9-/m1/s1. The molecule has 0 saturated heterocycles. The quantitative estimate of drug-likeness (QED) is 0.772. The zero-order chi connectivity index (χ0) is 12.0. The van der Waals surface area contributed by atoms with Gasteiger partial charge >= 0.3 is 5.97 Å². The van der Waals surface area contributed by atoms with E-state index < -0.39 is 5.97 Å². The molecule has 0 aliphatic carbocycles. The molecule has 0 bridgehead atoms. The van der Waals surface area contributed by atoms with Crippen LogP contribution < -0.4 is 10.1 Å². The summed E-state index contributed by atoms with van der Waals surface area (Å²) in [4.78, 5) is 10.4. The third-order valence-electron chi connectivity index (χ3n) is 2.39. The molecule has 88 valence electrons. The van der Waals surface area contributed by atoms with Gasteiger partial charge in [0, 0.05) is 18.2 Å². The summed E-state index contributed by atoms with van der Waals surface area (Å²) in [7, 11) is 1.63. The third-order valence-corrected chi connectivity index (χ3v) is 2.39. The first kappa shape index (κ1) is 12.5. The van der Waals surface area contributed by atoms with Gasteiger partial charge in [0.05, 0.1) is 13.5 Å². The second-order valence-corrected chi connectivity index (χ2v) is 3.56. The molecular formula is C12H17NO3. The number of hydrogen-bond acceptors (Lipinski definition) is 3. The van der Waals surface area contributed by atoms with Gasteiger partial charge in [-0.2, -0.15) is 0 Å². The van der Waals surface area contributed by atoms with E-state index >= 15 is 0 Å². The van der Waals surface area contributed by atoms with E-state index in [0.717, 1.165) is 11.3 Å². The third kappa shape index (κ3) is 3.55. The molecule has 0 unspecified atom stereocenters. The van der Waals surface area contributed by atoms with E-state index in [4.69, 9.17) is 9.84 Å². The van der Waals surface area contributed by atoms with Crippen LogP contribution in [0, 0.1) is 0 Å². The lowest BCUT2D eigenvalue weighted by atomic mass is 10.1. The van der Waals surface area contributed by atoms with Gasteiger partial charge in [-0.1, -0.05) is 18.2 Å². The molecule has 0 spiro atoms. The highest BCUT2D eigenvalue weighted by Gasteiger charge is 2.10. The van der Waals surface area contributed by atoms with Gasteiger partial charge in [-0.3, -0.25) is 4.79 Å². The van der Waals surface area contributed by atoms with E-state index in [1.165, 1.54) is 0 Å². The summed E-state index contributed by atoms with van der Waals surface area (Å²) in [6.07, 6.45) is 0.124. The maximum Gasteiger partial charge on any atom is 0.304 e. The summed E-state index contributed by atoms with van der Waals surface area (Å²) in [6, 6.07) is 7.79. The fourth-order valence-corrected chi connectivity index (χ4v) is 1.53. The van der Waals surface area contributed by atoms with Crippen molar-refractivity contribution < 1.29 is 14.6 Å². The fourth-order valence-electron chi connectivity index (χ4n) is 1.53. The van der Waals surface area contributed by atoms with Crippen molar-refractivity contribution in [1.82, 2.24) is 5.32 Å². The number of carboxylic acid groups (broad SMARTS) is 1. The van der Waals surface area contributed by atoms with Crippen LogP contribution in [0.4, 0.5) is 0 Å². The number of aliphatic carboxylic acids is 1. The lowest BCUT2D eigenvalue weighted by Gasteiger charge is -2.16. The number of hydrogen-bond donors (Lipinski definition) is 2. The maximum atomic E-state index is 10.4. The van der Waals surface area contributed by atoms with Gasteiger partial charge in [-0.25, -0.2) is 0 Å².